The number of aromatic nitrogens is 2. The summed E-state index contributed by atoms with van der Waals surface area (Å²) in [7, 11) is 0. The van der Waals surface area contributed by atoms with Crippen LogP contribution in [0.4, 0.5) is 18.9 Å². The van der Waals surface area contributed by atoms with Crippen LogP contribution in [0.3, 0.4) is 0 Å². The molecule has 0 saturated heterocycles. The second-order valence-corrected chi connectivity index (χ2v) is 5.23. The summed E-state index contributed by atoms with van der Waals surface area (Å²) in [4.78, 5) is 10.4. The third kappa shape index (κ3) is 4.03. The molecule has 2 aromatic rings. The molecule has 130 valence electrons. The van der Waals surface area contributed by atoms with Gasteiger partial charge in [0.1, 0.15) is 17.1 Å². The molecule has 0 unspecified atom stereocenters. The van der Waals surface area contributed by atoms with Gasteiger partial charge in [-0.05, 0) is 32.0 Å². The molecule has 0 amide bonds. The number of aryl methyl sites for hydroxylation is 2. The Morgan fingerprint density at radius 3 is 2.62 bits per heavy atom. The molecular formula is C15H16F3N3O3. The SMILES string of the molecule is Cc1nn(CCCOc2cccc(C(F)(F)F)c2)c(C)c1[N+](=O)[O-]. The molecule has 0 atom stereocenters. The summed E-state index contributed by atoms with van der Waals surface area (Å²) in [6.45, 7) is 3.71. The number of nitro groups is 1. The lowest BCUT2D eigenvalue weighted by molar-refractivity contribution is -0.386. The Bertz CT molecular complexity index is 741. The van der Waals surface area contributed by atoms with Gasteiger partial charge in [0.25, 0.3) is 0 Å². The summed E-state index contributed by atoms with van der Waals surface area (Å²) in [6, 6.07) is 4.64. The van der Waals surface area contributed by atoms with E-state index in [1.165, 1.54) is 16.8 Å². The molecule has 1 aromatic heterocycles. The molecule has 0 aliphatic rings. The zero-order valence-electron chi connectivity index (χ0n) is 13.1. The normalized spacial score (nSPS) is 11.5. The molecule has 0 radical (unpaired) electrons. The number of rotatable bonds is 6. The van der Waals surface area contributed by atoms with Gasteiger partial charge in [-0.3, -0.25) is 14.8 Å². The third-order valence-electron chi connectivity index (χ3n) is 3.47. The van der Waals surface area contributed by atoms with E-state index in [0.29, 0.717) is 24.4 Å². The highest BCUT2D eigenvalue weighted by atomic mass is 19.4. The van der Waals surface area contributed by atoms with Crippen LogP contribution >= 0.6 is 0 Å². The van der Waals surface area contributed by atoms with E-state index in [4.69, 9.17) is 4.74 Å². The van der Waals surface area contributed by atoms with Crippen molar-refractivity contribution in [2.24, 2.45) is 0 Å². The largest absolute Gasteiger partial charge is 0.494 e. The van der Waals surface area contributed by atoms with Gasteiger partial charge in [0, 0.05) is 13.0 Å². The van der Waals surface area contributed by atoms with Crippen molar-refractivity contribution in [2.75, 3.05) is 6.61 Å². The van der Waals surface area contributed by atoms with Crippen LogP contribution < -0.4 is 4.74 Å². The van der Waals surface area contributed by atoms with Gasteiger partial charge >= 0.3 is 11.9 Å². The van der Waals surface area contributed by atoms with Crippen LogP contribution in [0.2, 0.25) is 0 Å². The molecule has 0 saturated carbocycles. The summed E-state index contributed by atoms with van der Waals surface area (Å²) in [5.41, 5.74) is -0.0177. The van der Waals surface area contributed by atoms with E-state index < -0.39 is 16.7 Å². The van der Waals surface area contributed by atoms with Gasteiger partial charge in [-0.1, -0.05) is 6.07 Å². The van der Waals surface area contributed by atoms with Gasteiger partial charge in [0.05, 0.1) is 17.1 Å². The van der Waals surface area contributed by atoms with Gasteiger partial charge in [0.2, 0.25) is 0 Å². The van der Waals surface area contributed by atoms with E-state index in [0.717, 1.165) is 12.1 Å². The molecule has 0 bridgehead atoms. The number of hydrogen-bond acceptors (Lipinski definition) is 4. The summed E-state index contributed by atoms with van der Waals surface area (Å²) >= 11 is 0. The van der Waals surface area contributed by atoms with Gasteiger partial charge in [0.15, 0.2) is 0 Å². The predicted molar refractivity (Wildman–Crippen MR) is 79.9 cm³/mol. The minimum atomic E-state index is -4.41. The molecule has 9 heteroatoms. The van der Waals surface area contributed by atoms with Crippen molar-refractivity contribution in [1.29, 1.82) is 0 Å². The molecule has 2 rings (SSSR count). The fourth-order valence-electron chi connectivity index (χ4n) is 2.34. The highest BCUT2D eigenvalue weighted by Crippen LogP contribution is 2.31. The van der Waals surface area contributed by atoms with Gasteiger partial charge in [-0.2, -0.15) is 18.3 Å². The Balaban J connectivity index is 1.92. The van der Waals surface area contributed by atoms with Crippen LogP contribution in [0.1, 0.15) is 23.4 Å². The van der Waals surface area contributed by atoms with Crippen LogP contribution in [-0.4, -0.2) is 21.3 Å². The van der Waals surface area contributed by atoms with Crippen molar-refractivity contribution in [3.05, 3.63) is 51.3 Å². The molecular weight excluding hydrogens is 327 g/mol. The molecule has 0 fully saturated rings. The molecule has 6 nitrogen and oxygen atoms in total. The molecule has 0 aliphatic heterocycles. The van der Waals surface area contributed by atoms with Crippen molar-refractivity contribution in [3.8, 4) is 5.75 Å². The average molecular weight is 343 g/mol. The number of nitrogens with zero attached hydrogens (tertiary/aromatic N) is 3. The first-order valence-corrected chi connectivity index (χ1v) is 7.18. The fourth-order valence-corrected chi connectivity index (χ4v) is 2.34. The van der Waals surface area contributed by atoms with Gasteiger partial charge < -0.3 is 4.74 Å². The maximum Gasteiger partial charge on any atom is 0.416 e. The van der Waals surface area contributed by atoms with Gasteiger partial charge in [-0.25, -0.2) is 0 Å². The lowest BCUT2D eigenvalue weighted by atomic mass is 10.2. The highest BCUT2D eigenvalue weighted by molar-refractivity contribution is 5.39. The molecule has 24 heavy (non-hydrogen) atoms. The molecule has 1 aromatic carbocycles. The first-order chi connectivity index (χ1) is 11.2. The van der Waals surface area contributed by atoms with Gasteiger partial charge in [-0.15, -0.1) is 0 Å². The Hall–Kier alpha value is -2.58. The van der Waals surface area contributed by atoms with Crippen LogP contribution in [0.5, 0.6) is 5.75 Å². The highest BCUT2D eigenvalue weighted by Gasteiger charge is 2.30. The number of alkyl halides is 3. The van der Waals surface area contributed by atoms with E-state index in [9.17, 15) is 23.3 Å². The third-order valence-corrected chi connectivity index (χ3v) is 3.47. The lowest BCUT2D eigenvalue weighted by Gasteiger charge is -2.10. The molecule has 0 aliphatic carbocycles. The minimum Gasteiger partial charge on any atom is -0.494 e. The van der Waals surface area contributed by atoms with Crippen molar-refractivity contribution in [1.82, 2.24) is 9.78 Å². The number of hydrogen-bond donors (Lipinski definition) is 0. The summed E-state index contributed by atoms with van der Waals surface area (Å²) in [5, 5.41) is 15.0. The quantitative estimate of drug-likeness (QED) is 0.453. The lowest BCUT2D eigenvalue weighted by Crippen LogP contribution is -2.08. The Morgan fingerprint density at radius 1 is 1.33 bits per heavy atom. The Kier molecular flexibility index (Phi) is 5.10. The zero-order chi connectivity index (χ0) is 17.9. The molecule has 0 spiro atoms. The predicted octanol–water partition coefficient (Wildman–Crippen LogP) is 3.90. The van der Waals surface area contributed by atoms with E-state index >= 15 is 0 Å². The van der Waals surface area contributed by atoms with Crippen LogP contribution in [0, 0.1) is 24.0 Å². The second-order valence-electron chi connectivity index (χ2n) is 5.23. The van der Waals surface area contributed by atoms with Crippen molar-refractivity contribution in [3.63, 3.8) is 0 Å². The van der Waals surface area contributed by atoms with Crippen molar-refractivity contribution in [2.45, 2.75) is 33.0 Å². The Morgan fingerprint density at radius 2 is 2.04 bits per heavy atom. The standard InChI is InChI=1S/C15H16F3N3O3/c1-10-14(21(22)23)11(2)20(19-10)7-4-8-24-13-6-3-5-12(9-13)15(16,17)18/h3,5-6,9H,4,7-8H2,1-2H3. The average Bonchev–Trinajstić information content (AvgIpc) is 2.77. The first kappa shape index (κ1) is 17.8. The summed E-state index contributed by atoms with van der Waals surface area (Å²) < 4.78 is 44.6. The Labute approximate surface area is 136 Å². The smallest absolute Gasteiger partial charge is 0.416 e. The topological polar surface area (TPSA) is 70.2 Å². The van der Waals surface area contributed by atoms with Crippen LogP contribution in [-0.2, 0) is 12.7 Å². The monoisotopic (exact) mass is 343 g/mol. The van der Waals surface area contributed by atoms with E-state index in [1.807, 2.05) is 0 Å². The number of ether oxygens (including phenoxy) is 1. The summed E-state index contributed by atoms with van der Waals surface area (Å²) in [5.74, 6) is 0.129. The zero-order valence-corrected chi connectivity index (χ0v) is 13.1. The van der Waals surface area contributed by atoms with E-state index in [1.54, 1.807) is 13.8 Å². The van der Waals surface area contributed by atoms with E-state index in [-0.39, 0.29) is 18.0 Å². The summed E-state index contributed by atoms with van der Waals surface area (Å²) in [6.07, 6.45) is -3.96. The van der Waals surface area contributed by atoms with Crippen molar-refractivity contribution < 1.29 is 22.8 Å². The van der Waals surface area contributed by atoms with Crippen LogP contribution in [0.15, 0.2) is 24.3 Å². The second kappa shape index (κ2) is 6.90. The first-order valence-electron chi connectivity index (χ1n) is 7.18. The van der Waals surface area contributed by atoms with E-state index in [2.05, 4.69) is 5.10 Å². The van der Waals surface area contributed by atoms with Crippen LogP contribution in [0.25, 0.3) is 0 Å². The number of halogens is 3. The number of benzene rings is 1. The maximum atomic E-state index is 12.6. The maximum absolute atomic E-state index is 12.6. The minimum absolute atomic E-state index is 0.0196. The molecule has 0 N–H and O–H groups in total. The van der Waals surface area contributed by atoms with Crippen molar-refractivity contribution >= 4 is 5.69 Å². The fraction of sp³-hybridized carbons (Fsp3) is 0.400. The molecule has 1 heterocycles.